The number of nitro groups is 1. The average molecular weight is 423 g/mol. The van der Waals surface area contributed by atoms with Crippen LogP contribution in [0.4, 0.5) is 5.69 Å². The Labute approximate surface area is 181 Å². The number of benzene rings is 2. The molecule has 2 aromatic rings. The van der Waals surface area contributed by atoms with Crippen LogP contribution in [0.3, 0.4) is 0 Å². The molecular weight excluding hydrogens is 398 g/mol. The lowest BCUT2D eigenvalue weighted by Gasteiger charge is -2.12. The van der Waals surface area contributed by atoms with Gasteiger partial charge in [0.2, 0.25) is 0 Å². The second-order valence-corrected chi connectivity index (χ2v) is 7.27. The summed E-state index contributed by atoms with van der Waals surface area (Å²) in [7, 11) is 0. The second kappa shape index (κ2) is 10.8. The molecule has 0 atom stereocenters. The van der Waals surface area contributed by atoms with Crippen molar-refractivity contribution in [1.29, 1.82) is 0 Å². The maximum atomic E-state index is 12.8. The number of carbonyl (C=O) groups is 1. The molecule has 0 spiro atoms. The number of phenolic OH excluding ortho intramolecular Hbond substituents is 1. The standard InChI is InChI=1S/C24H25NO6/c1-16(2)10-11-30-23-14-20(31-15-17(3)4)13-22(27)24(23)21(26)9-8-18-6-5-7-19(12-18)25(28)29/h5-10,12-15,27H,11H2,1-4H3/b9-8+. The zero-order valence-corrected chi connectivity index (χ0v) is 17.9. The molecule has 0 aliphatic rings. The smallest absolute Gasteiger partial charge is 0.270 e. The summed E-state index contributed by atoms with van der Waals surface area (Å²) in [4.78, 5) is 23.2. The largest absolute Gasteiger partial charge is 0.507 e. The number of ketones is 1. The highest BCUT2D eigenvalue weighted by molar-refractivity contribution is 6.10. The number of nitro benzene ring substituents is 1. The molecule has 2 aromatic carbocycles. The van der Waals surface area contributed by atoms with Gasteiger partial charge in [-0.15, -0.1) is 0 Å². The van der Waals surface area contributed by atoms with Crippen molar-refractivity contribution in [3.05, 3.63) is 87.2 Å². The van der Waals surface area contributed by atoms with Crippen LogP contribution in [0.1, 0.15) is 43.6 Å². The normalized spacial score (nSPS) is 10.5. The highest BCUT2D eigenvalue weighted by atomic mass is 16.6. The second-order valence-electron chi connectivity index (χ2n) is 7.27. The van der Waals surface area contributed by atoms with Crippen molar-refractivity contribution in [2.45, 2.75) is 27.7 Å². The molecule has 162 valence electrons. The van der Waals surface area contributed by atoms with Crippen LogP contribution in [0, 0.1) is 10.1 Å². The molecule has 0 aliphatic heterocycles. The van der Waals surface area contributed by atoms with Gasteiger partial charge in [0.1, 0.15) is 29.4 Å². The summed E-state index contributed by atoms with van der Waals surface area (Å²) in [5.41, 5.74) is 2.35. The van der Waals surface area contributed by atoms with Crippen LogP contribution in [-0.2, 0) is 0 Å². The molecule has 0 unspecified atom stereocenters. The summed E-state index contributed by atoms with van der Waals surface area (Å²) in [5, 5.41) is 21.4. The number of carbonyl (C=O) groups excluding carboxylic acids is 1. The van der Waals surface area contributed by atoms with Gasteiger partial charge in [-0.05, 0) is 51.0 Å². The molecule has 31 heavy (non-hydrogen) atoms. The Hall–Kier alpha value is -3.87. The third-order valence-electron chi connectivity index (χ3n) is 3.97. The molecule has 0 saturated heterocycles. The lowest BCUT2D eigenvalue weighted by atomic mass is 10.1. The fourth-order valence-corrected chi connectivity index (χ4v) is 2.49. The summed E-state index contributed by atoms with van der Waals surface area (Å²) in [5.74, 6) is -0.306. The highest BCUT2D eigenvalue weighted by Gasteiger charge is 2.18. The molecule has 7 heteroatoms. The van der Waals surface area contributed by atoms with Crippen molar-refractivity contribution in [2.75, 3.05) is 6.61 Å². The summed E-state index contributed by atoms with van der Waals surface area (Å²) in [6.07, 6.45) is 6.05. The van der Waals surface area contributed by atoms with Gasteiger partial charge in [0, 0.05) is 24.3 Å². The predicted octanol–water partition coefficient (Wildman–Crippen LogP) is 5.84. The van der Waals surface area contributed by atoms with Crippen LogP contribution in [0.2, 0.25) is 0 Å². The molecule has 0 radical (unpaired) electrons. The topological polar surface area (TPSA) is 98.9 Å². The number of ether oxygens (including phenoxy) is 2. The molecule has 0 aromatic heterocycles. The lowest BCUT2D eigenvalue weighted by molar-refractivity contribution is -0.384. The quantitative estimate of drug-likeness (QED) is 0.136. The van der Waals surface area contributed by atoms with Crippen molar-refractivity contribution in [1.82, 2.24) is 0 Å². The van der Waals surface area contributed by atoms with Crippen molar-refractivity contribution >= 4 is 17.5 Å². The molecule has 0 amide bonds. The SMILES string of the molecule is CC(C)=CCOc1cc(OC=C(C)C)cc(O)c1C(=O)/C=C/c1cccc([N+](=O)[O-])c1. The zero-order chi connectivity index (χ0) is 23.0. The third-order valence-corrected chi connectivity index (χ3v) is 3.97. The van der Waals surface area contributed by atoms with Gasteiger partial charge in [-0.2, -0.15) is 0 Å². The fourth-order valence-electron chi connectivity index (χ4n) is 2.49. The molecule has 7 nitrogen and oxygen atoms in total. The third kappa shape index (κ3) is 7.15. The van der Waals surface area contributed by atoms with Gasteiger partial charge in [-0.1, -0.05) is 23.8 Å². The van der Waals surface area contributed by atoms with Crippen LogP contribution < -0.4 is 9.47 Å². The Balaban J connectivity index is 2.38. The van der Waals surface area contributed by atoms with E-state index < -0.39 is 10.7 Å². The van der Waals surface area contributed by atoms with Crippen molar-refractivity contribution < 1.29 is 24.3 Å². The molecule has 0 bridgehead atoms. The van der Waals surface area contributed by atoms with E-state index in [4.69, 9.17) is 9.47 Å². The van der Waals surface area contributed by atoms with Gasteiger partial charge in [-0.25, -0.2) is 0 Å². The van der Waals surface area contributed by atoms with E-state index in [2.05, 4.69) is 0 Å². The molecular formula is C24H25NO6. The molecule has 0 aliphatic carbocycles. The number of nitrogens with zero attached hydrogens (tertiary/aromatic N) is 1. The minimum Gasteiger partial charge on any atom is -0.507 e. The first-order chi connectivity index (χ1) is 14.7. The molecule has 0 fully saturated rings. The number of allylic oxidation sites excluding steroid dienone is 3. The van der Waals surface area contributed by atoms with Gasteiger partial charge in [0.05, 0.1) is 11.2 Å². The Morgan fingerprint density at radius 2 is 1.87 bits per heavy atom. The van der Waals surface area contributed by atoms with Crippen molar-refractivity contribution in [3.63, 3.8) is 0 Å². The first-order valence-corrected chi connectivity index (χ1v) is 9.57. The predicted molar refractivity (Wildman–Crippen MR) is 120 cm³/mol. The van der Waals surface area contributed by atoms with E-state index in [9.17, 15) is 20.0 Å². The van der Waals surface area contributed by atoms with E-state index in [1.54, 1.807) is 6.07 Å². The Morgan fingerprint density at radius 3 is 2.52 bits per heavy atom. The lowest BCUT2D eigenvalue weighted by Crippen LogP contribution is -2.04. The molecule has 1 N–H and O–H groups in total. The van der Waals surface area contributed by atoms with E-state index in [0.29, 0.717) is 11.3 Å². The average Bonchev–Trinajstić information content (AvgIpc) is 2.70. The van der Waals surface area contributed by atoms with E-state index >= 15 is 0 Å². The Kier molecular flexibility index (Phi) is 8.14. The first kappa shape index (κ1) is 23.4. The van der Waals surface area contributed by atoms with Gasteiger partial charge in [0.25, 0.3) is 5.69 Å². The van der Waals surface area contributed by atoms with E-state index in [1.165, 1.54) is 48.7 Å². The van der Waals surface area contributed by atoms with Crippen LogP contribution in [0.25, 0.3) is 6.08 Å². The Bertz CT molecular complexity index is 1060. The van der Waals surface area contributed by atoms with E-state index in [1.807, 2.05) is 33.8 Å². The van der Waals surface area contributed by atoms with Crippen molar-refractivity contribution in [2.24, 2.45) is 0 Å². The number of hydrogen-bond donors (Lipinski definition) is 1. The number of non-ortho nitro benzene ring substituents is 1. The maximum absolute atomic E-state index is 12.8. The van der Waals surface area contributed by atoms with Gasteiger partial charge in [-0.3, -0.25) is 14.9 Å². The minimum absolute atomic E-state index is 0.0200. The van der Waals surface area contributed by atoms with Crippen LogP contribution in [0.15, 0.2) is 66.0 Å². The fraction of sp³-hybridized carbons (Fsp3) is 0.208. The maximum Gasteiger partial charge on any atom is 0.270 e. The number of rotatable bonds is 9. The van der Waals surface area contributed by atoms with Crippen LogP contribution in [-0.4, -0.2) is 22.4 Å². The Morgan fingerprint density at radius 1 is 1.13 bits per heavy atom. The molecule has 0 heterocycles. The summed E-state index contributed by atoms with van der Waals surface area (Å²) in [6, 6.07) is 8.76. The highest BCUT2D eigenvalue weighted by Crippen LogP contribution is 2.34. The number of hydrogen-bond acceptors (Lipinski definition) is 6. The zero-order valence-electron chi connectivity index (χ0n) is 17.9. The van der Waals surface area contributed by atoms with Crippen LogP contribution >= 0.6 is 0 Å². The van der Waals surface area contributed by atoms with Gasteiger partial charge < -0.3 is 14.6 Å². The summed E-state index contributed by atoms with van der Waals surface area (Å²) >= 11 is 0. The monoisotopic (exact) mass is 423 g/mol. The van der Waals surface area contributed by atoms with E-state index in [-0.39, 0.29) is 29.4 Å². The van der Waals surface area contributed by atoms with Crippen molar-refractivity contribution in [3.8, 4) is 17.2 Å². The molecule has 0 saturated carbocycles. The summed E-state index contributed by atoms with van der Waals surface area (Å²) < 4.78 is 11.2. The first-order valence-electron chi connectivity index (χ1n) is 9.57. The van der Waals surface area contributed by atoms with Gasteiger partial charge >= 0.3 is 0 Å². The van der Waals surface area contributed by atoms with Gasteiger partial charge in [0.15, 0.2) is 5.78 Å². The molecule has 2 rings (SSSR count). The summed E-state index contributed by atoms with van der Waals surface area (Å²) in [6.45, 7) is 7.78. The number of aromatic hydroxyl groups is 1. The van der Waals surface area contributed by atoms with Crippen LogP contribution in [0.5, 0.6) is 17.2 Å². The van der Waals surface area contributed by atoms with E-state index in [0.717, 1.165) is 11.1 Å². The number of phenols is 1. The minimum atomic E-state index is -0.509.